The number of amides is 1. The van der Waals surface area contributed by atoms with E-state index in [0.717, 1.165) is 6.07 Å². The number of nitrogens with one attached hydrogen (secondary N) is 2. The molecule has 0 saturated heterocycles. The van der Waals surface area contributed by atoms with Gasteiger partial charge < -0.3 is 14.0 Å². The third-order valence-corrected chi connectivity index (χ3v) is 4.03. The highest BCUT2D eigenvalue weighted by Gasteiger charge is 2.31. The standard InChI is InChI=1S/C18H16F3N5O4/c1-29-11-4-5-12(13(7-11)30-2)16-23-17(25-24-16)22-14(27)9-26-8-10(18(19,20)21)3-6-15(26)28/h3-8H,9H2,1-2H3,(H2,22,23,24,25,27). The zero-order valence-corrected chi connectivity index (χ0v) is 15.8. The molecule has 0 bridgehead atoms. The molecule has 3 rings (SSSR count). The molecule has 0 aliphatic rings. The number of halogens is 3. The maximum absolute atomic E-state index is 12.8. The van der Waals surface area contributed by atoms with E-state index in [4.69, 9.17) is 9.47 Å². The Kier molecular flexibility index (Phi) is 5.76. The van der Waals surface area contributed by atoms with Gasteiger partial charge >= 0.3 is 6.18 Å². The summed E-state index contributed by atoms with van der Waals surface area (Å²) in [5.41, 5.74) is -1.25. The van der Waals surface area contributed by atoms with E-state index in [0.29, 0.717) is 33.9 Å². The van der Waals surface area contributed by atoms with Gasteiger partial charge in [0.1, 0.15) is 18.0 Å². The Bertz CT molecular complexity index is 1120. The van der Waals surface area contributed by atoms with E-state index in [1.807, 2.05) is 0 Å². The molecular formula is C18H16F3N5O4. The Labute approximate surface area is 167 Å². The minimum Gasteiger partial charge on any atom is -0.497 e. The van der Waals surface area contributed by atoms with Crippen molar-refractivity contribution in [2.45, 2.75) is 12.7 Å². The Balaban J connectivity index is 1.76. The Hall–Kier alpha value is -3.83. The van der Waals surface area contributed by atoms with E-state index in [2.05, 4.69) is 20.5 Å². The van der Waals surface area contributed by atoms with E-state index in [1.165, 1.54) is 14.2 Å². The van der Waals surface area contributed by atoms with E-state index < -0.39 is 29.8 Å². The van der Waals surface area contributed by atoms with Gasteiger partial charge in [-0.2, -0.15) is 18.2 Å². The summed E-state index contributed by atoms with van der Waals surface area (Å²) in [7, 11) is 2.97. The normalized spacial score (nSPS) is 11.2. The van der Waals surface area contributed by atoms with E-state index in [-0.39, 0.29) is 11.8 Å². The molecule has 158 valence electrons. The van der Waals surface area contributed by atoms with Crippen LogP contribution in [-0.4, -0.2) is 39.9 Å². The fourth-order valence-corrected chi connectivity index (χ4v) is 2.57. The van der Waals surface area contributed by atoms with Gasteiger partial charge in [0.25, 0.3) is 5.56 Å². The third kappa shape index (κ3) is 4.59. The summed E-state index contributed by atoms with van der Waals surface area (Å²) in [5, 5.41) is 8.81. The number of hydrogen-bond acceptors (Lipinski definition) is 6. The van der Waals surface area contributed by atoms with Gasteiger partial charge in [-0.05, 0) is 18.2 Å². The van der Waals surface area contributed by atoms with Crippen LogP contribution in [0.5, 0.6) is 11.5 Å². The SMILES string of the molecule is COc1ccc(-c2nc(NC(=O)Cn3cc(C(F)(F)F)ccc3=O)n[nH]2)c(OC)c1. The summed E-state index contributed by atoms with van der Waals surface area (Å²) in [6, 6.07) is 6.39. The molecule has 30 heavy (non-hydrogen) atoms. The van der Waals surface area contributed by atoms with Gasteiger partial charge in [0.2, 0.25) is 11.9 Å². The molecule has 1 aromatic carbocycles. The average molecular weight is 423 g/mol. The lowest BCUT2D eigenvalue weighted by Crippen LogP contribution is -2.28. The summed E-state index contributed by atoms with van der Waals surface area (Å²) in [4.78, 5) is 28.0. The number of alkyl halides is 3. The number of aromatic amines is 1. The van der Waals surface area contributed by atoms with Crippen LogP contribution in [0.15, 0.2) is 41.3 Å². The van der Waals surface area contributed by atoms with Gasteiger partial charge in [-0.3, -0.25) is 20.0 Å². The van der Waals surface area contributed by atoms with Crippen molar-refractivity contribution in [2.75, 3.05) is 19.5 Å². The van der Waals surface area contributed by atoms with Crippen LogP contribution in [0.4, 0.5) is 19.1 Å². The number of pyridine rings is 1. The van der Waals surface area contributed by atoms with Crippen molar-refractivity contribution < 1.29 is 27.4 Å². The molecule has 3 aromatic rings. The molecule has 0 atom stereocenters. The van der Waals surface area contributed by atoms with Gasteiger partial charge in [-0.1, -0.05) is 0 Å². The number of aromatic nitrogens is 4. The van der Waals surface area contributed by atoms with Crippen molar-refractivity contribution in [2.24, 2.45) is 0 Å². The van der Waals surface area contributed by atoms with Gasteiger partial charge in [0, 0.05) is 18.3 Å². The van der Waals surface area contributed by atoms with Crippen molar-refractivity contribution in [3.63, 3.8) is 0 Å². The number of hydrogen-bond donors (Lipinski definition) is 2. The molecule has 1 amide bonds. The number of anilines is 1. The molecule has 0 fully saturated rings. The first kappa shape index (κ1) is 20.9. The first-order valence-electron chi connectivity index (χ1n) is 8.43. The van der Waals surface area contributed by atoms with E-state index in [1.54, 1.807) is 18.2 Å². The van der Waals surface area contributed by atoms with Crippen LogP contribution in [-0.2, 0) is 17.5 Å². The second-order valence-electron chi connectivity index (χ2n) is 6.00. The van der Waals surface area contributed by atoms with Gasteiger partial charge in [-0.25, -0.2) is 0 Å². The van der Waals surface area contributed by atoms with Crippen LogP contribution in [0, 0.1) is 0 Å². The maximum Gasteiger partial charge on any atom is 0.417 e. The molecule has 0 aliphatic carbocycles. The minimum atomic E-state index is -4.64. The predicted molar refractivity (Wildman–Crippen MR) is 99.3 cm³/mol. The number of rotatable bonds is 6. The van der Waals surface area contributed by atoms with Gasteiger partial charge in [-0.15, -0.1) is 5.10 Å². The monoisotopic (exact) mass is 423 g/mol. The highest BCUT2D eigenvalue weighted by Crippen LogP contribution is 2.31. The minimum absolute atomic E-state index is 0.118. The van der Waals surface area contributed by atoms with Gasteiger partial charge in [0.15, 0.2) is 5.82 Å². The summed E-state index contributed by atoms with van der Waals surface area (Å²) < 4.78 is 49.4. The third-order valence-electron chi connectivity index (χ3n) is 4.03. The Morgan fingerprint density at radius 2 is 1.97 bits per heavy atom. The zero-order chi connectivity index (χ0) is 21.9. The smallest absolute Gasteiger partial charge is 0.417 e. The van der Waals surface area contributed by atoms with Crippen LogP contribution in [0.1, 0.15) is 5.56 Å². The molecule has 2 heterocycles. The molecule has 12 heteroatoms. The lowest BCUT2D eigenvalue weighted by Gasteiger charge is -2.10. The highest BCUT2D eigenvalue weighted by atomic mass is 19.4. The predicted octanol–water partition coefficient (Wildman–Crippen LogP) is 2.31. The number of nitrogens with zero attached hydrogens (tertiary/aromatic N) is 3. The van der Waals surface area contributed by atoms with Crippen LogP contribution in [0.25, 0.3) is 11.4 Å². The number of methoxy groups -OCH3 is 2. The fourth-order valence-electron chi connectivity index (χ4n) is 2.57. The lowest BCUT2D eigenvalue weighted by molar-refractivity contribution is -0.138. The van der Waals surface area contributed by atoms with Crippen molar-refractivity contribution in [3.05, 3.63) is 52.4 Å². The number of carbonyl (C=O) groups is 1. The number of H-pyrrole nitrogens is 1. The van der Waals surface area contributed by atoms with Crippen molar-refractivity contribution in [1.29, 1.82) is 0 Å². The summed E-state index contributed by atoms with van der Waals surface area (Å²) in [5.74, 6) is 0.395. The molecule has 2 aromatic heterocycles. The molecule has 9 nitrogen and oxygen atoms in total. The first-order chi connectivity index (χ1) is 14.2. The maximum atomic E-state index is 12.8. The van der Waals surface area contributed by atoms with Crippen molar-refractivity contribution in [3.8, 4) is 22.9 Å². The molecular weight excluding hydrogens is 407 g/mol. The van der Waals surface area contributed by atoms with Crippen molar-refractivity contribution >= 4 is 11.9 Å². The first-order valence-corrected chi connectivity index (χ1v) is 8.43. The number of benzene rings is 1. The Morgan fingerprint density at radius 3 is 2.63 bits per heavy atom. The zero-order valence-electron chi connectivity index (χ0n) is 15.8. The quantitative estimate of drug-likeness (QED) is 0.630. The van der Waals surface area contributed by atoms with Crippen LogP contribution in [0.2, 0.25) is 0 Å². The molecule has 0 saturated carbocycles. The second-order valence-corrected chi connectivity index (χ2v) is 6.00. The number of ether oxygens (including phenoxy) is 2. The summed E-state index contributed by atoms with van der Waals surface area (Å²) >= 11 is 0. The Morgan fingerprint density at radius 1 is 1.20 bits per heavy atom. The number of carbonyl (C=O) groups excluding carboxylic acids is 1. The molecule has 0 spiro atoms. The average Bonchev–Trinajstić information content (AvgIpc) is 3.16. The van der Waals surface area contributed by atoms with E-state index in [9.17, 15) is 22.8 Å². The largest absolute Gasteiger partial charge is 0.497 e. The van der Waals surface area contributed by atoms with Crippen molar-refractivity contribution in [1.82, 2.24) is 19.7 Å². The van der Waals surface area contributed by atoms with E-state index >= 15 is 0 Å². The van der Waals surface area contributed by atoms with Gasteiger partial charge in [0.05, 0.1) is 25.3 Å². The molecule has 0 radical (unpaired) electrons. The molecule has 0 aliphatic heterocycles. The summed E-state index contributed by atoms with van der Waals surface area (Å²) in [6.07, 6.45) is -4.06. The second kappa shape index (κ2) is 8.27. The lowest BCUT2D eigenvalue weighted by atomic mass is 10.2. The van der Waals surface area contributed by atoms with Crippen LogP contribution >= 0.6 is 0 Å². The highest BCUT2D eigenvalue weighted by molar-refractivity contribution is 5.89. The topological polar surface area (TPSA) is 111 Å². The summed E-state index contributed by atoms with van der Waals surface area (Å²) in [6.45, 7) is -0.640. The van der Waals surface area contributed by atoms with Crippen LogP contribution in [0.3, 0.4) is 0 Å². The molecule has 0 unspecified atom stereocenters. The fraction of sp³-hybridized carbons (Fsp3) is 0.222. The molecule has 2 N–H and O–H groups in total. The van der Waals surface area contributed by atoms with Crippen LogP contribution < -0.4 is 20.3 Å².